The molecule has 0 spiro atoms. The maximum absolute atomic E-state index is 6.84. The predicted octanol–water partition coefficient (Wildman–Crippen LogP) is 3.34. The Morgan fingerprint density at radius 3 is 2.74 bits per heavy atom. The van der Waals surface area contributed by atoms with Crippen LogP contribution in [-0.2, 0) is 5.54 Å². The number of pyridine rings is 1. The average molecular weight is 262 g/mol. The molecule has 1 aromatic heterocycles. The summed E-state index contributed by atoms with van der Waals surface area (Å²) in [6, 6.07) is 2.06. The third kappa shape index (κ3) is 2.76. The third-order valence-corrected chi connectivity index (χ3v) is 4.61. The Morgan fingerprint density at radius 1 is 1.37 bits per heavy atom. The number of aromatic nitrogens is 1. The van der Waals surface area contributed by atoms with Gasteiger partial charge in [0.1, 0.15) is 5.75 Å². The normalized spacial score (nSPS) is 31.5. The maximum atomic E-state index is 6.84. The Labute approximate surface area is 116 Å². The van der Waals surface area contributed by atoms with Crippen molar-refractivity contribution in [2.24, 2.45) is 23.5 Å². The van der Waals surface area contributed by atoms with Crippen molar-refractivity contribution in [3.8, 4) is 5.75 Å². The van der Waals surface area contributed by atoms with Crippen LogP contribution in [0.1, 0.15) is 45.6 Å². The van der Waals surface area contributed by atoms with Crippen LogP contribution in [0.5, 0.6) is 5.75 Å². The Bertz CT molecular complexity index is 433. The fourth-order valence-corrected chi connectivity index (χ4v) is 3.60. The Balaban J connectivity index is 2.39. The molecule has 0 aromatic carbocycles. The highest BCUT2D eigenvalue weighted by Gasteiger charge is 2.42. The van der Waals surface area contributed by atoms with Crippen LogP contribution in [0.25, 0.3) is 0 Å². The molecule has 0 saturated heterocycles. The molecule has 1 heterocycles. The number of methoxy groups -OCH3 is 1. The molecular formula is C16H26N2O. The van der Waals surface area contributed by atoms with E-state index in [2.05, 4.69) is 31.8 Å². The summed E-state index contributed by atoms with van der Waals surface area (Å²) in [4.78, 5) is 4.29. The van der Waals surface area contributed by atoms with Gasteiger partial charge >= 0.3 is 0 Å². The van der Waals surface area contributed by atoms with Crippen molar-refractivity contribution in [1.29, 1.82) is 0 Å². The number of hydrogen-bond donors (Lipinski definition) is 1. The van der Waals surface area contributed by atoms with E-state index in [0.29, 0.717) is 17.8 Å². The number of rotatable bonds is 3. The van der Waals surface area contributed by atoms with E-state index in [1.54, 1.807) is 13.3 Å². The molecule has 3 nitrogen and oxygen atoms in total. The van der Waals surface area contributed by atoms with Gasteiger partial charge in [-0.2, -0.15) is 0 Å². The van der Waals surface area contributed by atoms with Crippen molar-refractivity contribution in [1.82, 2.24) is 4.98 Å². The van der Waals surface area contributed by atoms with Crippen LogP contribution in [0.3, 0.4) is 0 Å². The molecule has 0 amide bonds. The van der Waals surface area contributed by atoms with Crippen LogP contribution in [0.4, 0.5) is 0 Å². The van der Waals surface area contributed by atoms with E-state index in [-0.39, 0.29) is 5.54 Å². The predicted molar refractivity (Wildman–Crippen MR) is 78.0 cm³/mol. The van der Waals surface area contributed by atoms with Crippen molar-refractivity contribution in [3.63, 3.8) is 0 Å². The fourth-order valence-electron chi connectivity index (χ4n) is 3.60. The zero-order chi connectivity index (χ0) is 14.0. The Morgan fingerprint density at radius 2 is 2.11 bits per heavy atom. The summed E-state index contributed by atoms with van der Waals surface area (Å²) in [5, 5.41) is 0. The lowest BCUT2D eigenvalue weighted by Crippen LogP contribution is -2.50. The van der Waals surface area contributed by atoms with Gasteiger partial charge in [-0.15, -0.1) is 0 Å². The first-order chi connectivity index (χ1) is 8.97. The van der Waals surface area contributed by atoms with E-state index in [9.17, 15) is 0 Å². The second kappa shape index (κ2) is 5.49. The maximum Gasteiger partial charge on any atom is 0.137 e. The monoisotopic (exact) mass is 262 g/mol. The molecule has 1 aromatic rings. The third-order valence-electron chi connectivity index (χ3n) is 4.61. The summed E-state index contributed by atoms with van der Waals surface area (Å²) in [6.45, 7) is 6.84. The molecule has 1 saturated carbocycles. The average Bonchev–Trinajstić information content (AvgIpc) is 2.38. The van der Waals surface area contributed by atoms with Gasteiger partial charge in [0.05, 0.1) is 13.3 Å². The van der Waals surface area contributed by atoms with Crippen molar-refractivity contribution in [2.75, 3.05) is 7.11 Å². The van der Waals surface area contributed by atoms with Crippen LogP contribution in [0, 0.1) is 17.8 Å². The lowest BCUT2D eigenvalue weighted by molar-refractivity contribution is 0.108. The molecule has 0 radical (unpaired) electrons. The highest BCUT2D eigenvalue weighted by molar-refractivity contribution is 5.30. The minimum absolute atomic E-state index is 0.270. The molecule has 3 unspecified atom stereocenters. The largest absolute Gasteiger partial charge is 0.495 e. The molecule has 3 heteroatoms. The minimum Gasteiger partial charge on any atom is -0.495 e. The van der Waals surface area contributed by atoms with Gasteiger partial charge in [-0.05, 0) is 42.2 Å². The molecule has 0 bridgehead atoms. The van der Waals surface area contributed by atoms with Crippen LogP contribution in [0.2, 0.25) is 0 Å². The summed E-state index contributed by atoms with van der Waals surface area (Å²) < 4.78 is 5.30. The number of hydrogen-bond acceptors (Lipinski definition) is 3. The Kier molecular flexibility index (Phi) is 4.14. The second-order valence-corrected chi connectivity index (χ2v) is 6.39. The van der Waals surface area contributed by atoms with Crippen LogP contribution in [-0.4, -0.2) is 12.1 Å². The number of nitrogens with zero attached hydrogens (tertiary/aromatic N) is 1. The lowest BCUT2D eigenvalue weighted by atomic mass is 9.63. The smallest absolute Gasteiger partial charge is 0.137 e. The van der Waals surface area contributed by atoms with Gasteiger partial charge < -0.3 is 10.5 Å². The van der Waals surface area contributed by atoms with E-state index in [0.717, 1.165) is 17.7 Å². The summed E-state index contributed by atoms with van der Waals surface area (Å²) in [7, 11) is 1.67. The number of nitrogens with two attached hydrogens (primary N) is 1. The molecular weight excluding hydrogens is 236 g/mol. The lowest BCUT2D eigenvalue weighted by Gasteiger charge is -2.46. The first kappa shape index (κ1) is 14.3. The molecule has 3 atom stereocenters. The molecule has 1 aliphatic carbocycles. The zero-order valence-corrected chi connectivity index (χ0v) is 12.5. The molecule has 0 aliphatic heterocycles. The van der Waals surface area contributed by atoms with Gasteiger partial charge in [-0.3, -0.25) is 4.98 Å². The highest BCUT2D eigenvalue weighted by atomic mass is 16.5. The molecule has 1 aliphatic rings. The first-order valence-electron chi connectivity index (χ1n) is 7.25. The van der Waals surface area contributed by atoms with Gasteiger partial charge in [0.25, 0.3) is 0 Å². The van der Waals surface area contributed by atoms with Crippen LogP contribution < -0.4 is 10.5 Å². The van der Waals surface area contributed by atoms with E-state index >= 15 is 0 Å². The Hall–Kier alpha value is -1.09. The first-order valence-corrected chi connectivity index (χ1v) is 7.25. The molecule has 106 valence electrons. The quantitative estimate of drug-likeness (QED) is 0.909. The summed E-state index contributed by atoms with van der Waals surface area (Å²) in [6.07, 6.45) is 7.16. The summed E-state index contributed by atoms with van der Waals surface area (Å²) in [5.74, 6) is 2.57. The molecule has 2 N–H and O–H groups in total. The zero-order valence-electron chi connectivity index (χ0n) is 12.5. The van der Waals surface area contributed by atoms with Crippen LogP contribution >= 0.6 is 0 Å². The molecule has 19 heavy (non-hydrogen) atoms. The number of ether oxygens (including phenoxy) is 1. The summed E-state index contributed by atoms with van der Waals surface area (Å²) >= 11 is 0. The summed E-state index contributed by atoms with van der Waals surface area (Å²) in [5.41, 5.74) is 7.70. The van der Waals surface area contributed by atoms with Crippen LogP contribution in [0.15, 0.2) is 18.5 Å². The molecule has 2 rings (SSSR count). The van der Waals surface area contributed by atoms with E-state index in [1.165, 1.54) is 12.8 Å². The highest BCUT2D eigenvalue weighted by Crippen LogP contribution is 2.45. The SMILES string of the molecule is COc1cncc(C2(N)CC(C)CCC2C(C)C)c1. The van der Waals surface area contributed by atoms with E-state index < -0.39 is 0 Å². The van der Waals surface area contributed by atoms with Gasteiger partial charge in [0.2, 0.25) is 0 Å². The van der Waals surface area contributed by atoms with Gasteiger partial charge in [-0.25, -0.2) is 0 Å². The van der Waals surface area contributed by atoms with Gasteiger partial charge in [0.15, 0.2) is 0 Å². The minimum atomic E-state index is -0.270. The molecule has 1 fully saturated rings. The second-order valence-electron chi connectivity index (χ2n) is 6.39. The van der Waals surface area contributed by atoms with Crippen molar-refractivity contribution in [2.45, 2.75) is 45.6 Å². The van der Waals surface area contributed by atoms with Crippen molar-refractivity contribution >= 4 is 0 Å². The standard InChI is InChI=1S/C16H26N2O/c1-11(2)15-6-5-12(3)8-16(15,17)13-7-14(19-4)10-18-9-13/h7,9-12,15H,5-6,8,17H2,1-4H3. The van der Waals surface area contributed by atoms with Gasteiger partial charge in [-0.1, -0.05) is 27.2 Å². The van der Waals surface area contributed by atoms with E-state index in [1.807, 2.05) is 6.20 Å². The van der Waals surface area contributed by atoms with E-state index in [4.69, 9.17) is 10.5 Å². The van der Waals surface area contributed by atoms with Crippen molar-refractivity contribution in [3.05, 3.63) is 24.0 Å². The fraction of sp³-hybridized carbons (Fsp3) is 0.688. The topological polar surface area (TPSA) is 48.1 Å². The van der Waals surface area contributed by atoms with Gasteiger partial charge in [0, 0.05) is 11.7 Å². The van der Waals surface area contributed by atoms with Crippen molar-refractivity contribution < 1.29 is 4.74 Å².